The zero-order chi connectivity index (χ0) is 21.0. The van der Waals surface area contributed by atoms with Crippen LogP contribution in [0.3, 0.4) is 0 Å². The Balaban J connectivity index is 1.55. The number of methoxy groups -OCH3 is 2. The minimum absolute atomic E-state index is 0.0330. The zero-order valence-corrected chi connectivity index (χ0v) is 17.7. The average molecular weight is 399 g/mol. The molecule has 0 radical (unpaired) electrons. The summed E-state index contributed by atoms with van der Waals surface area (Å²) in [5.74, 6) is 1.06. The average Bonchev–Trinajstić information content (AvgIpc) is 3.05. The van der Waals surface area contributed by atoms with E-state index in [1.807, 2.05) is 17.0 Å². The van der Waals surface area contributed by atoms with E-state index in [2.05, 4.69) is 17.1 Å². The lowest BCUT2D eigenvalue weighted by Gasteiger charge is -2.32. The molecule has 1 amide bonds. The van der Waals surface area contributed by atoms with Gasteiger partial charge in [0, 0.05) is 18.8 Å². The number of aryl methyl sites for hydroxylation is 2. The number of carbonyl (C=O) groups is 2. The number of hydrogen-bond acceptors (Lipinski definition) is 4. The minimum Gasteiger partial charge on any atom is -0.497 e. The molecule has 2 aromatic rings. The van der Waals surface area contributed by atoms with Crippen molar-refractivity contribution in [2.24, 2.45) is 5.92 Å². The lowest BCUT2D eigenvalue weighted by molar-refractivity contribution is 0.0599. The van der Waals surface area contributed by atoms with E-state index in [1.54, 1.807) is 21.0 Å². The standard InChI is InChI=1S/C23H30N2O4/c1-15-20(23(27)29-4)16(2)24-21(15)22(26)25-13-11-18(12-14-25)6-5-17-7-9-19(28-3)10-8-17/h7-10,18,24H,5-6,11-14H2,1-4H3. The van der Waals surface area contributed by atoms with E-state index >= 15 is 0 Å². The van der Waals surface area contributed by atoms with Crippen LogP contribution >= 0.6 is 0 Å². The predicted molar refractivity (Wildman–Crippen MR) is 112 cm³/mol. The molecule has 1 saturated heterocycles. The Kier molecular flexibility index (Phi) is 6.62. The molecule has 29 heavy (non-hydrogen) atoms. The maximum absolute atomic E-state index is 13.0. The fraction of sp³-hybridized carbons (Fsp3) is 0.478. The number of ether oxygens (including phenoxy) is 2. The molecular formula is C23H30N2O4. The van der Waals surface area contributed by atoms with Crippen LogP contribution in [-0.4, -0.2) is 49.1 Å². The van der Waals surface area contributed by atoms with Crippen molar-refractivity contribution in [2.45, 2.75) is 39.5 Å². The lowest BCUT2D eigenvalue weighted by atomic mass is 9.90. The number of esters is 1. The van der Waals surface area contributed by atoms with E-state index < -0.39 is 5.97 Å². The first kappa shape index (κ1) is 21.0. The molecule has 6 heteroatoms. The molecule has 1 aliphatic heterocycles. The van der Waals surface area contributed by atoms with Crippen molar-refractivity contribution in [2.75, 3.05) is 27.3 Å². The third-order valence-corrected chi connectivity index (χ3v) is 5.94. The highest BCUT2D eigenvalue weighted by atomic mass is 16.5. The number of aromatic nitrogens is 1. The van der Waals surface area contributed by atoms with Gasteiger partial charge < -0.3 is 19.4 Å². The number of carbonyl (C=O) groups excluding carboxylic acids is 2. The van der Waals surface area contributed by atoms with Crippen LogP contribution in [0.5, 0.6) is 5.75 Å². The Labute approximate surface area is 172 Å². The van der Waals surface area contributed by atoms with Gasteiger partial charge in [0.1, 0.15) is 11.4 Å². The molecule has 156 valence electrons. The summed E-state index contributed by atoms with van der Waals surface area (Å²) in [4.78, 5) is 29.9. The number of rotatable bonds is 6. The van der Waals surface area contributed by atoms with Crippen molar-refractivity contribution in [1.82, 2.24) is 9.88 Å². The molecule has 1 aromatic carbocycles. The van der Waals surface area contributed by atoms with Gasteiger partial charge in [-0.1, -0.05) is 12.1 Å². The monoisotopic (exact) mass is 398 g/mol. The van der Waals surface area contributed by atoms with Crippen LogP contribution in [-0.2, 0) is 11.2 Å². The highest BCUT2D eigenvalue weighted by Gasteiger charge is 2.28. The molecule has 0 saturated carbocycles. The quantitative estimate of drug-likeness (QED) is 0.749. The number of nitrogens with zero attached hydrogens (tertiary/aromatic N) is 1. The Morgan fingerprint density at radius 3 is 2.34 bits per heavy atom. The van der Waals surface area contributed by atoms with Gasteiger partial charge in [0.2, 0.25) is 0 Å². The van der Waals surface area contributed by atoms with E-state index in [0.29, 0.717) is 28.4 Å². The second kappa shape index (κ2) is 9.16. The molecule has 0 spiro atoms. The molecule has 1 fully saturated rings. The summed E-state index contributed by atoms with van der Waals surface area (Å²) in [6.45, 7) is 5.08. The number of nitrogens with one attached hydrogen (secondary N) is 1. The van der Waals surface area contributed by atoms with Crippen LogP contribution in [0.25, 0.3) is 0 Å². The third-order valence-electron chi connectivity index (χ3n) is 5.94. The summed E-state index contributed by atoms with van der Waals surface area (Å²) in [5, 5.41) is 0. The number of amides is 1. The lowest BCUT2D eigenvalue weighted by Crippen LogP contribution is -2.39. The molecule has 0 aliphatic carbocycles. The Morgan fingerprint density at radius 2 is 1.76 bits per heavy atom. The maximum atomic E-state index is 13.0. The van der Waals surface area contributed by atoms with E-state index in [1.165, 1.54) is 12.7 Å². The smallest absolute Gasteiger partial charge is 0.339 e. The van der Waals surface area contributed by atoms with Gasteiger partial charge in [-0.3, -0.25) is 4.79 Å². The first-order valence-corrected chi connectivity index (χ1v) is 10.1. The van der Waals surface area contributed by atoms with Gasteiger partial charge in [-0.25, -0.2) is 4.79 Å². The number of likely N-dealkylation sites (tertiary alicyclic amines) is 1. The highest BCUT2D eigenvalue weighted by molar-refractivity contribution is 6.00. The SMILES string of the molecule is COC(=O)c1c(C)[nH]c(C(=O)N2CCC(CCc3ccc(OC)cc3)CC2)c1C. The molecule has 0 atom stereocenters. The van der Waals surface area contributed by atoms with E-state index in [4.69, 9.17) is 9.47 Å². The largest absolute Gasteiger partial charge is 0.497 e. The fourth-order valence-electron chi connectivity index (χ4n) is 4.12. The Morgan fingerprint density at radius 1 is 1.10 bits per heavy atom. The topological polar surface area (TPSA) is 71.6 Å². The Bertz CT molecular complexity index is 862. The number of H-pyrrole nitrogens is 1. The summed E-state index contributed by atoms with van der Waals surface area (Å²) in [5.41, 5.74) is 3.62. The number of piperidine rings is 1. The minimum atomic E-state index is -0.410. The van der Waals surface area contributed by atoms with E-state index in [9.17, 15) is 9.59 Å². The van der Waals surface area contributed by atoms with Gasteiger partial charge in [-0.2, -0.15) is 0 Å². The number of aromatic amines is 1. The van der Waals surface area contributed by atoms with Gasteiger partial charge in [0.05, 0.1) is 19.8 Å². The second-order valence-electron chi connectivity index (χ2n) is 7.74. The summed E-state index contributed by atoms with van der Waals surface area (Å²) in [6.07, 6.45) is 4.18. The van der Waals surface area contributed by atoms with Gasteiger partial charge in [0.15, 0.2) is 0 Å². The van der Waals surface area contributed by atoms with Gasteiger partial charge in [-0.15, -0.1) is 0 Å². The van der Waals surface area contributed by atoms with Crippen LogP contribution in [0.4, 0.5) is 0 Å². The van der Waals surface area contributed by atoms with Gasteiger partial charge in [-0.05, 0) is 68.7 Å². The van der Waals surface area contributed by atoms with Crippen LogP contribution in [0.15, 0.2) is 24.3 Å². The first-order chi connectivity index (χ1) is 13.9. The van der Waals surface area contributed by atoms with Crippen molar-refractivity contribution in [1.29, 1.82) is 0 Å². The van der Waals surface area contributed by atoms with Gasteiger partial charge in [0.25, 0.3) is 5.91 Å². The van der Waals surface area contributed by atoms with Crippen molar-refractivity contribution in [3.05, 3.63) is 52.3 Å². The van der Waals surface area contributed by atoms with Gasteiger partial charge >= 0.3 is 5.97 Å². The number of benzene rings is 1. The summed E-state index contributed by atoms with van der Waals surface area (Å²) >= 11 is 0. The molecule has 2 heterocycles. The maximum Gasteiger partial charge on any atom is 0.339 e. The predicted octanol–water partition coefficient (Wildman–Crippen LogP) is 3.91. The highest BCUT2D eigenvalue weighted by Crippen LogP contribution is 2.26. The normalized spacial score (nSPS) is 14.7. The van der Waals surface area contributed by atoms with Crippen molar-refractivity contribution < 1.29 is 19.1 Å². The molecule has 1 N–H and O–H groups in total. The molecular weight excluding hydrogens is 368 g/mol. The van der Waals surface area contributed by atoms with Crippen LogP contribution < -0.4 is 4.74 Å². The summed E-state index contributed by atoms with van der Waals surface area (Å²) in [7, 11) is 3.03. The number of hydrogen-bond donors (Lipinski definition) is 1. The molecule has 0 bridgehead atoms. The van der Waals surface area contributed by atoms with E-state index in [-0.39, 0.29) is 5.91 Å². The molecule has 1 aromatic heterocycles. The van der Waals surface area contributed by atoms with Crippen molar-refractivity contribution >= 4 is 11.9 Å². The second-order valence-corrected chi connectivity index (χ2v) is 7.74. The van der Waals surface area contributed by atoms with Crippen molar-refractivity contribution in [3.63, 3.8) is 0 Å². The summed E-state index contributed by atoms with van der Waals surface area (Å²) < 4.78 is 10.0. The summed E-state index contributed by atoms with van der Waals surface area (Å²) in [6, 6.07) is 8.24. The van der Waals surface area contributed by atoms with Crippen LogP contribution in [0, 0.1) is 19.8 Å². The van der Waals surface area contributed by atoms with Crippen LogP contribution in [0.2, 0.25) is 0 Å². The molecule has 0 unspecified atom stereocenters. The van der Waals surface area contributed by atoms with E-state index in [0.717, 1.165) is 44.5 Å². The van der Waals surface area contributed by atoms with Crippen LogP contribution in [0.1, 0.15) is 56.9 Å². The fourth-order valence-corrected chi connectivity index (χ4v) is 4.12. The molecule has 1 aliphatic rings. The first-order valence-electron chi connectivity index (χ1n) is 10.1. The Hall–Kier alpha value is -2.76. The van der Waals surface area contributed by atoms with Crippen molar-refractivity contribution in [3.8, 4) is 5.75 Å². The molecule has 6 nitrogen and oxygen atoms in total. The third kappa shape index (κ3) is 4.63. The molecule has 3 rings (SSSR count). The zero-order valence-electron chi connectivity index (χ0n) is 17.7.